The van der Waals surface area contributed by atoms with Crippen LogP contribution < -0.4 is 0 Å². The van der Waals surface area contributed by atoms with Gasteiger partial charge in [0.25, 0.3) is 0 Å². The maximum atomic E-state index is 6.01. The van der Waals surface area contributed by atoms with Crippen molar-refractivity contribution in [3.8, 4) is 22.6 Å². The molecule has 3 heteroatoms. The fraction of sp³-hybridized carbons (Fsp3) is 0.154. The standard InChI is InChI=1S/C26H22N2O/c1-4-10-19(11-5-1)16-22-17-29-18-23-24(20-12-6-2-7-13-20)27-26(28-25(22)23)21-14-8-3-9-15-21/h1-15,22H,16-18H2. The Kier molecular flexibility index (Phi) is 4.89. The Labute approximate surface area is 171 Å². The van der Waals surface area contributed by atoms with Gasteiger partial charge in [-0.15, -0.1) is 0 Å². The molecule has 1 aliphatic rings. The van der Waals surface area contributed by atoms with Gasteiger partial charge in [0, 0.05) is 22.6 Å². The van der Waals surface area contributed by atoms with Crippen molar-refractivity contribution in [2.45, 2.75) is 18.9 Å². The summed E-state index contributed by atoms with van der Waals surface area (Å²) < 4.78 is 6.01. The van der Waals surface area contributed by atoms with Crippen LogP contribution in [0.1, 0.15) is 22.7 Å². The quantitative estimate of drug-likeness (QED) is 0.459. The van der Waals surface area contributed by atoms with Crippen LogP contribution in [0.15, 0.2) is 91.0 Å². The molecule has 0 fully saturated rings. The van der Waals surface area contributed by atoms with E-state index in [1.165, 1.54) is 5.56 Å². The second-order valence-corrected chi connectivity index (χ2v) is 7.39. The minimum Gasteiger partial charge on any atom is -0.376 e. The highest BCUT2D eigenvalue weighted by Gasteiger charge is 2.27. The highest BCUT2D eigenvalue weighted by Crippen LogP contribution is 2.35. The molecule has 0 radical (unpaired) electrons. The van der Waals surface area contributed by atoms with Gasteiger partial charge < -0.3 is 4.74 Å². The van der Waals surface area contributed by atoms with E-state index in [4.69, 9.17) is 14.7 Å². The molecule has 2 heterocycles. The highest BCUT2D eigenvalue weighted by atomic mass is 16.5. The van der Waals surface area contributed by atoms with Crippen LogP contribution in [0, 0.1) is 0 Å². The number of fused-ring (bicyclic) bond motifs is 1. The van der Waals surface area contributed by atoms with Crippen molar-refractivity contribution >= 4 is 0 Å². The molecule has 0 N–H and O–H groups in total. The van der Waals surface area contributed by atoms with Crippen molar-refractivity contribution in [3.05, 3.63) is 108 Å². The molecule has 1 aliphatic heterocycles. The number of ether oxygens (including phenoxy) is 1. The van der Waals surface area contributed by atoms with Crippen molar-refractivity contribution in [1.29, 1.82) is 0 Å². The Morgan fingerprint density at radius 3 is 2.03 bits per heavy atom. The highest BCUT2D eigenvalue weighted by molar-refractivity contribution is 5.68. The zero-order valence-electron chi connectivity index (χ0n) is 16.2. The summed E-state index contributed by atoms with van der Waals surface area (Å²) in [4.78, 5) is 10.0. The lowest BCUT2D eigenvalue weighted by Crippen LogP contribution is -2.22. The average Bonchev–Trinajstić information content (AvgIpc) is 2.80. The van der Waals surface area contributed by atoms with Crippen molar-refractivity contribution in [3.63, 3.8) is 0 Å². The van der Waals surface area contributed by atoms with E-state index >= 15 is 0 Å². The first-order valence-corrected chi connectivity index (χ1v) is 10.0. The van der Waals surface area contributed by atoms with E-state index in [-0.39, 0.29) is 5.92 Å². The molecule has 1 atom stereocenters. The Bertz CT molecular complexity index is 1100. The summed E-state index contributed by atoms with van der Waals surface area (Å²) in [6.07, 6.45) is 0.910. The van der Waals surface area contributed by atoms with E-state index in [0.717, 1.165) is 40.3 Å². The summed E-state index contributed by atoms with van der Waals surface area (Å²) in [6.45, 7) is 1.24. The van der Waals surface area contributed by atoms with E-state index in [1.807, 2.05) is 24.3 Å². The second kappa shape index (κ2) is 7.98. The normalized spacial score (nSPS) is 15.7. The molecule has 5 rings (SSSR count). The van der Waals surface area contributed by atoms with Gasteiger partial charge in [0.15, 0.2) is 5.82 Å². The maximum absolute atomic E-state index is 6.01. The van der Waals surface area contributed by atoms with Gasteiger partial charge in [0.2, 0.25) is 0 Å². The van der Waals surface area contributed by atoms with Crippen molar-refractivity contribution in [2.75, 3.05) is 6.61 Å². The van der Waals surface area contributed by atoms with Gasteiger partial charge in [0.1, 0.15) is 0 Å². The van der Waals surface area contributed by atoms with Crippen molar-refractivity contribution in [1.82, 2.24) is 9.97 Å². The predicted molar refractivity (Wildman–Crippen MR) is 115 cm³/mol. The summed E-state index contributed by atoms with van der Waals surface area (Å²) in [7, 11) is 0. The Morgan fingerprint density at radius 2 is 1.34 bits per heavy atom. The topological polar surface area (TPSA) is 35.0 Å². The van der Waals surface area contributed by atoms with E-state index in [9.17, 15) is 0 Å². The molecule has 29 heavy (non-hydrogen) atoms. The lowest BCUT2D eigenvalue weighted by Gasteiger charge is -2.27. The number of aromatic nitrogens is 2. The molecule has 0 aliphatic carbocycles. The molecule has 1 aromatic heterocycles. The third kappa shape index (κ3) is 3.69. The summed E-state index contributed by atoms with van der Waals surface area (Å²) in [6, 6.07) is 31.2. The number of hydrogen-bond acceptors (Lipinski definition) is 3. The van der Waals surface area contributed by atoms with Crippen LogP contribution in [0.25, 0.3) is 22.6 Å². The Balaban J connectivity index is 1.66. The van der Waals surface area contributed by atoms with Gasteiger partial charge in [-0.3, -0.25) is 0 Å². The summed E-state index contributed by atoms with van der Waals surface area (Å²) in [5.41, 5.74) is 6.66. The molecule has 0 saturated heterocycles. The van der Waals surface area contributed by atoms with Crippen molar-refractivity contribution < 1.29 is 4.74 Å². The fourth-order valence-electron chi connectivity index (χ4n) is 3.97. The van der Waals surface area contributed by atoms with Crippen LogP contribution in [0.3, 0.4) is 0 Å². The summed E-state index contributed by atoms with van der Waals surface area (Å²) >= 11 is 0. The van der Waals surface area contributed by atoms with E-state index in [0.29, 0.717) is 13.2 Å². The van der Waals surface area contributed by atoms with Gasteiger partial charge in [0.05, 0.1) is 24.6 Å². The van der Waals surface area contributed by atoms with Crippen LogP contribution >= 0.6 is 0 Å². The molecule has 3 nitrogen and oxygen atoms in total. The minimum atomic E-state index is 0.217. The molecule has 0 saturated carbocycles. The van der Waals surface area contributed by atoms with Crippen LogP contribution in [0.4, 0.5) is 0 Å². The van der Waals surface area contributed by atoms with E-state index in [1.54, 1.807) is 0 Å². The third-order valence-electron chi connectivity index (χ3n) is 5.40. The lowest BCUT2D eigenvalue weighted by molar-refractivity contribution is 0.0891. The molecular weight excluding hydrogens is 356 g/mol. The number of hydrogen-bond donors (Lipinski definition) is 0. The molecule has 0 spiro atoms. The Morgan fingerprint density at radius 1 is 0.724 bits per heavy atom. The molecule has 0 bridgehead atoms. The minimum absolute atomic E-state index is 0.217. The SMILES string of the molecule is c1ccc(CC2COCc3c(-c4ccccc4)nc(-c4ccccc4)nc32)cc1. The predicted octanol–water partition coefficient (Wildman–Crippen LogP) is 5.67. The van der Waals surface area contributed by atoms with E-state index < -0.39 is 0 Å². The maximum Gasteiger partial charge on any atom is 0.160 e. The fourth-order valence-corrected chi connectivity index (χ4v) is 3.97. The van der Waals surface area contributed by atoms with Gasteiger partial charge in [-0.2, -0.15) is 0 Å². The first-order chi connectivity index (χ1) is 14.4. The zero-order valence-corrected chi connectivity index (χ0v) is 16.2. The van der Waals surface area contributed by atoms with Crippen LogP contribution in [-0.2, 0) is 17.8 Å². The van der Waals surface area contributed by atoms with Crippen LogP contribution in [0.2, 0.25) is 0 Å². The molecule has 142 valence electrons. The van der Waals surface area contributed by atoms with Gasteiger partial charge in [-0.25, -0.2) is 9.97 Å². The largest absolute Gasteiger partial charge is 0.376 e. The van der Waals surface area contributed by atoms with Gasteiger partial charge in [-0.1, -0.05) is 91.0 Å². The number of nitrogens with zero attached hydrogens (tertiary/aromatic N) is 2. The molecule has 1 unspecified atom stereocenters. The summed E-state index contributed by atoms with van der Waals surface area (Å²) in [5, 5.41) is 0. The van der Waals surface area contributed by atoms with Crippen molar-refractivity contribution in [2.24, 2.45) is 0 Å². The molecular formula is C26H22N2O. The van der Waals surface area contributed by atoms with Crippen LogP contribution in [0.5, 0.6) is 0 Å². The Hall–Kier alpha value is -3.30. The zero-order chi connectivity index (χ0) is 19.5. The van der Waals surface area contributed by atoms with E-state index in [2.05, 4.69) is 66.7 Å². The smallest absolute Gasteiger partial charge is 0.160 e. The average molecular weight is 378 g/mol. The second-order valence-electron chi connectivity index (χ2n) is 7.39. The monoisotopic (exact) mass is 378 g/mol. The van der Waals surface area contributed by atoms with Gasteiger partial charge in [-0.05, 0) is 12.0 Å². The molecule has 0 amide bonds. The molecule has 4 aromatic rings. The van der Waals surface area contributed by atoms with Gasteiger partial charge >= 0.3 is 0 Å². The molecule has 3 aromatic carbocycles. The van der Waals surface area contributed by atoms with Crippen LogP contribution in [-0.4, -0.2) is 16.6 Å². The first-order valence-electron chi connectivity index (χ1n) is 10.0. The lowest BCUT2D eigenvalue weighted by atomic mass is 9.90. The number of rotatable bonds is 4. The number of benzene rings is 3. The third-order valence-corrected chi connectivity index (χ3v) is 5.40. The summed E-state index contributed by atoms with van der Waals surface area (Å²) in [5.74, 6) is 0.997. The first kappa shape index (κ1) is 17.8.